The molecular weight excluding hydrogens is 414 g/mol. The normalized spacial score (nSPS) is 14.6. The number of anilines is 3. The zero-order valence-electron chi connectivity index (χ0n) is 19.6. The molecule has 0 unspecified atom stereocenters. The highest BCUT2D eigenvalue weighted by Crippen LogP contribution is 2.27. The number of benzene rings is 2. The van der Waals surface area contributed by atoms with E-state index in [1.165, 1.54) is 11.1 Å². The molecule has 2 heterocycles. The van der Waals surface area contributed by atoms with Gasteiger partial charge in [-0.25, -0.2) is 4.98 Å². The van der Waals surface area contributed by atoms with E-state index in [1.54, 1.807) is 0 Å². The van der Waals surface area contributed by atoms with Gasteiger partial charge in [-0.2, -0.15) is 0 Å². The second kappa shape index (κ2) is 9.84. The van der Waals surface area contributed by atoms with Crippen LogP contribution < -0.4 is 15.1 Å². The number of nitrogens with one attached hydrogen (secondary N) is 1. The highest BCUT2D eigenvalue weighted by Gasteiger charge is 2.18. The summed E-state index contributed by atoms with van der Waals surface area (Å²) >= 11 is 5.72. The predicted octanol–water partition coefficient (Wildman–Crippen LogP) is 5.08. The number of rotatable bonds is 5. The van der Waals surface area contributed by atoms with Crippen molar-refractivity contribution < 1.29 is 0 Å². The van der Waals surface area contributed by atoms with Crippen LogP contribution >= 0.6 is 12.2 Å². The first-order valence-corrected chi connectivity index (χ1v) is 11.9. The van der Waals surface area contributed by atoms with Crippen LogP contribution in [0.1, 0.15) is 25.0 Å². The Morgan fingerprint density at radius 3 is 2.53 bits per heavy atom. The van der Waals surface area contributed by atoms with Gasteiger partial charge in [-0.1, -0.05) is 32.0 Å². The lowest BCUT2D eigenvalue weighted by Gasteiger charge is -2.35. The fraction of sp³-hybridized carbons (Fsp3) is 0.385. The first-order chi connectivity index (χ1) is 15.5. The molecule has 2 aromatic carbocycles. The number of piperazine rings is 1. The molecule has 0 atom stereocenters. The van der Waals surface area contributed by atoms with Crippen LogP contribution in [-0.4, -0.2) is 54.8 Å². The number of thiocarbonyl (C=S) groups is 1. The van der Waals surface area contributed by atoms with Crippen molar-refractivity contribution in [2.45, 2.75) is 27.2 Å². The third-order valence-corrected chi connectivity index (χ3v) is 6.81. The van der Waals surface area contributed by atoms with Crippen molar-refractivity contribution >= 4 is 45.4 Å². The summed E-state index contributed by atoms with van der Waals surface area (Å²) < 4.78 is 0. The van der Waals surface area contributed by atoms with Gasteiger partial charge in [0.1, 0.15) is 5.82 Å². The summed E-state index contributed by atoms with van der Waals surface area (Å²) in [5.41, 5.74) is 5.67. The number of aryl methyl sites for hydroxylation is 2. The molecule has 1 fully saturated rings. The van der Waals surface area contributed by atoms with E-state index in [1.807, 2.05) is 11.9 Å². The van der Waals surface area contributed by atoms with Crippen molar-refractivity contribution in [1.82, 2.24) is 9.88 Å². The molecule has 0 spiro atoms. The number of likely N-dealkylation sites (N-methyl/N-ethyl adjacent to an activating group) is 1. The lowest BCUT2D eigenvalue weighted by Crippen LogP contribution is -2.46. The van der Waals surface area contributed by atoms with Crippen LogP contribution in [0.15, 0.2) is 48.5 Å². The maximum absolute atomic E-state index is 5.72. The monoisotopic (exact) mass is 447 g/mol. The molecule has 0 amide bonds. The third-order valence-electron chi connectivity index (χ3n) is 6.44. The molecule has 0 saturated carbocycles. The van der Waals surface area contributed by atoms with Crippen LogP contribution in [0.2, 0.25) is 0 Å². The standard InChI is InChI=1S/C26H33N5S/c1-5-20-9-7-8-10-24(20)29(4)26(32)27-21-11-12-23-22(18-21)19(3)17-25(28-23)31-15-13-30(6-2)14-16-31/h7-12,17-18H,5-6,13-16H2,1-4H3,(H,27,32). The van der Waals surface area contributed by atoms with E-state index in [4.69, 9.17) is 17.2 Å². The topological polar surface area (TPSA) is 34.6 Å². The molecule has 1 aliphatic heterocycles. The van der Waals surface area contributed by atoms with Crippen LogP contribution in [0, 0.1) is 6.92 Å². The maximum Gasteiger partial charge on any atom is 0.177 e. The van der Waals surface area contributed by atoms with Gasteiger partial charge in [0.15, 0.2) is 5.11 Å². The van der Waals surface area contributed by atoms with Crippen LogP contribution in [-0.2, 0) is 6.42 Å². The highest BCUT2D eigenvalue weighted by atomic mass is 32.1. The van der Waals surface area contributed by atoms with Gasteiger partial charge >= 0.3 is 0 Å². The number of aromatic nitrogens is 1. The molecule has 6 heteroatoms. The van der Waals surface area contributed by atoms with Crippen LogP contribution in [0.5, 0.6) is 0 Å². The summed E-state index contributed by atoms with van der Waals surface area (Å²) in [6.45, 7) is 12.0. The van der Waals surface area contributed by atoms with E-state index in [9.17, 15) is 0 Å². The molecule has 3 aromatic rings. The van der Waals surface area contributed by atoms with Gasteiger partial charge in [0, 0.05) is 50.0 Å². The molecule has 5 nitrogen and oxygen atoms in total. The molecule has 4 rings (SSSR count). The fourth-order valence-electron chi connectivity index (χ4n) is 4.36. The Morgan fingerprint density at radius 2 is 1.81 bits per heavy atom. The molecule has 1 N–H and O–H groups in total. The number of para-hydroxylation sites is 1. The summed E-state index contributed by atoms with van der Waals surface area (Å²) in [5.74, 6) is 1.08. The molecule has 1 aromatic heterocycles. The van der Waals surface area contributed by atoms with E-state index >= 15 is 0 Å². The average Bonchev–Trinajstić information content (AvgIpc) is 2.83. The van der Waals surface area contributed by atoms with Gasteiger partial charge < -0.3 is 20.0 Å². The lowest BCUT2D eigenvalue weighted by atomic mass is 10.1. The number of fused-ring (bicyclic) bond motifs is 1. The SMILES string of the molecule is CCc1ccccc1N(C)C(=S)Nc1ccc2nc(N3CCN(CC)CC3)cc(C)c2c1. The first kappa shape index (κ1) is 22.5. The van der Waals surface area contributed by atoms with E-state index in [2.05, 4.69) is 84.4 Å². The molecule has 32 heavy (non-hydrogen) atoms. The summed E-state index contributed by atoms with van der Waals surface area (Å²) in [7, 11) is 2.02. The Hall–Kier alpha value is -2.70. The Kier molecular flexibility index (Phi) is 6.92. The van der Waals surface area contributed by atoms with Gasteiger partial charge in [-0.05, 0) is 73.6 Å². The number of pyridine rings is 1. The van der Waals surface area contributed by atoms with Crippen LogP contribution in [0.4, 0.5) is 17.2 Å². The van der Waals surface area contributed by atoms with Crippen molar-refractivity contribution in [2.75, 3.05) is 54.9 Å². The number of hydrogen-bond donors (Lipinski definition) is 1. The molecule has 0 aliphatic carbocycles. The van der Waals surface area contributed by atoms with E-state index < -0.39 is 0 Å². The molecule has 1 saturated heterocycles. The zero-order valence-corrected chi connectivity index (χ0v) is 20.4. The van der Waals surface area contributed by atoms with Crippen molar-refractivity contribution in [3.63, 3.8) is 0 Å². The predicted molar refractivity (Wildman–Crippen MR) is 141 cm³/mol. The van der Waals surface area contributed by atoms with Gasteiger partial charge in [-0.15, -0.1) is 0 Å². The van der Waals surface area contributed by atoms with Crippen molar-refractivity contribution in [2.24, 2.45) is 0 Å². The molecular formula is C26H33N5S. The number of hydrogen-bond acceptors (Lipinski definition) is 4. The smallest absolute Gasteiger partial charge is 0.177 e. The lowest BCUT2D eigenvalue weighted by molar-refractivity contribution is 0.270. The minimum absolute atomic E-state index is 0.682. The minimum Gasteiger partial charge on any atom is -0.354 e. The average molecular weight is 448 g/mol. The summed E-state index contributed by atoms with van der Waals surface area (Å²) in [5, 5.41) is 5.25. The Labute approximate surface area is 197 Å². The van der Waals surface area contributed by atoms with Crippen molar-refractivity contribution in [3.05, 3.63) is 59.7 Å². The highest BCUT2D eigenvalue weighted by molar-refractivity contribution is 7.80. The summed E-state index contributed by atoms with van der Waals surface area (Å²) in [4.78, 5) is 11.9. The van der Waals surface area contributed by atoms with Crippen molar-refractivity contribution in [3.8, 4) is 0 Å². The van der Waals surface area contributed by atoms with E-state index in [0.717, 1.165) is 67.2 Å². The maximum atomic E-state index is 5.72. The Balaban J connectivity index is 1.52. The molecule has 168 valence electrons. The fourth-order valence-corrected chi connectivity index (χ4v) is 4.58. The first-order valence-electron chi connectivity index (χ1n) is 11.5. The van der Waals surface area contributed by atoms with Crippen molar-refractivity contribution in [1.29, 1.82) is 0 Å². The van der Waals surface area contributed by atoms with Gasteiger partial charge in [-0.3, -0.25) is 0 Å². The molecule has 0 radical (unpaired) electrons. The largest absolute Gasteiger partial charge is 0.354 e. The van der Waals surface area contributed by atoms with Gasteiger partial charge in [0.25, 0.3) is 0 Å². The quantitative estimate of drug-likeness (QED) is 0.550. The number of nitrogens with zero attached hydrogens (tertiary/aromatic N) is 4. The van der Waals surface area contributed by atoms with Gasteiger partial charge in [0.05, 0.1) is 5.52 Å². The van der Waals surface area contributed by atoms with Crippen LogP contribution in [0.3, 0.4) is 0 Å². The van der Waals surface area contributed by atoms with Crippen LogP contribution in [0.25, 0.3) is 10.9 Å². The van der Waals surface area contributed by atoms with E-state index in [0.29, 0.717) is 5.11 Å². The Bertz CT molecular complexity index is 1100. The van der Waals surface area contributed by atoms with E-state index in [-0.39, 0.29) is 0 Å². The zero-order chi connectivity index (χ0) is 22.7. The minimum atomic E-state index is 0.682. The Morgan fingerprint density at radius 1 is 1.06 bits per heavy atom. The summed E-state index contributed by atoms with van der Waals surface area (Å²) in [6.07, 6.45) is 0.972. The third kappa shape index (κ3) is 4.71. The molecule has 0 bridgehead atoms. The molecule has 1 aliphatic rings. The van der Waals surface area contributed by atoms with Gasteiger partial charge in [0.2, 0.25) is 0 Å². The second-order valence-electron chi connectivity index (χ2n) is 8.42. The second-order valence-corrected chi connectivity index (χ2v) is 8.81. The summed E-state index contributed by atoms with van der Waals surface area (Å²) in [6, 6.07) is 16.9.